The number of rotatable bonds is 12. The van der Waals surface area contributed by atoms with Crippen LogP contribution < -0.4 is 19.5 Å². The molecule has 1 aliphatic rings. The number of methoxy groups -OCH3 is 1. The second-order valence-electron chi connectivity index (χ2n) is 8.50. The van der Waals surface area contributed by atoms with E-state index in [0.29, 0.717) is 35.7 Å². The first-order chi connectivity index (χ1) is 15.9. The van der Waals surface area contributed by atoms with Crippen molar-refractivity contribution in [1.82, 2.24) is 10.2 Å². The van der Waals surface area contributed by atoms with Crippen LogP contribution in [-0.4, -0.2) is 79.9 Å². The molecule has 2 atom stereocenters. The number of benzene rings is 2. The van der Waals surface area contributed by atoms with Crippen molar-refractivity contribution in [3.63, 3.8) is 0 Å². The summed E-state index contributed by atoms with van der Waals surface area (Å²) in [6.07, 6.45) is 0.800. The van der Waals surface area contributed by atoms with Crippen molar-refractivity contribution in [2.45, 2.75) is 38.0 Å². The van der Waals surface area contributed by atoms with Gasteiger partial charge in [0.1, 0.15) is 42.7 Å². The number of hydrogen-bond acceptors (Lipinski definition) is 7. The third kappa shape index (κ3) is 8.68. The summed E-state index contributed by atoms with van der Waals surface area (Å²) in [5.74, 6) is 2.19. The first kappa shape index (κ1) is 25.6. The van der Waals surface area contributed by atoms with Gasteiger partial charge in [0.2, 0.25) is 0 Å². The number of piperidine rings is 1. The lowest BCUT2D eigenvalue weighted by atomic mass is 10.0. The molecule has 0 bridgehead atoms. The standard InChI is InChI=1S/C25H35ClN2O5/c1-18-13-24(7-8-25(18)26)33-17-21(30)15-28-11-9-19(10-12-28)27-14-20(29)16-32-23-5-3-22(31-2)4-6-23/h3-8,13,19-21,27,29-30H,9-12,14-17H2,1-2H3/t20-,21+/m1/s1. The minimum Gasteiger partial charge on any atom is -0.497 e. The Hall–Kier alpha value is -2.03. The normalized spacial score (nSPS) is 16.9. The third-order valence-electron chi connectivity index (χ3n) is 5.77. The highest BCUT2D eigenvalue weighted by Crippen LogP contribution is 2.21. The lowest BCUT2D eigenvalue weighted by molar-refractivity contribution is 0.0556. The van der Waals surface area contributed by atoms with Crippen molar-refractivity contribution >= 4 is 11.6 Å². The number of ether oxygens (including phenoxy) is 3. The number of β-amino-alcohol motifs (C(OH)–C–C–N with tert-alkyl or cyclic N) is 1. The van der Waals surface area contributed by atoms with Crippen LogP contribution >= 0.6 is 11.6 Å². The van der Waals surface area contributed by atoms with Crippen molar-refractivity contribution in [2.24, 2.45) is 0 Å². The summed E-state index contributed by atoms with van der Waals surface area (Å²) in [5, 5.41) is 24.7. The van der Waals surface area contributed by atoms with Crippen molar-refractivity contribution in [1.29, 1.82) is 0 Å². The maximum Gasteiger partial charge on any atom is 0.119 e. The van der Waals surface area contributed by atoms with Crippen molar-refractivity contribution in [2.75, 3.05) is 46.5 Å². The molecule has 0 aliphatic carbocycles. The average molecular weight is 479 g/mol. The fourth-order valence-electron chi connectivity index (χ4n) is 3.80. The summed E-state index contributed by atoms with van der Waals surface area (Å²) >= 11 is 6.03. The van der Waals surface area contributed by atoms with Gasteiger partial charge in [0.15, 0.2) is 0 Å². The zero-order valence-corrected chi connectivity index (χ0v) is 20.1. The molecule has 33 heavy (non-hydrogen) atoms. The number of halogens is 1. The number of hydrogen-bond donors (Lipinski definition) is 3. The lowest BCUT2D eigenvalue weighted by Gasteiger charge is -2.33. The Morgan fingerprint density at radius 1 is 0.970 bits per heavy atom. The van der Waals surface area contributed by atoms with E-state index < -0.39 is 12.2 Å². The van der Waals surface area contributed by atoms with Gasteiger partial charge in [-0.05, 0) is 80.9 Å². The molecule has 8 heteroatoms. The predicted octanol–water partition coefficient (Wildman–Crippen LogP) is 2.89. The molecule has 182 valence electrons. The molecule has 2 aromatic carbocycles. The Labute approximate surface area is 201 Å². The van der Waals surface area contributed by atoms with Gasteiger partial charge in [-0.15, -0.1) is 0 Å². The number of aliphatic hydroxyl groups excluding tert-OH is 2. The van der Waals surface area contributed by atoms with Gasteiger partial charge in [-0.3, -0.25) is 0 Å². The smallest absolute Gasteiger partial charge is 0.119 e. The van der Waals surface area contributed by atoms with E-state index in [9.17, 15) is 10.2 Å². The maximum atomic E-state index is 10.3. The van der Waals surface area contributed by atoms with Crippen molar-refractivity contribution < 1.29 is 24.4 Å². The van der Waals surface area contributed by atoms with E-state index >= 15 is 0 Å². The SMILES string of the molecule is COc1ccc(OC[C@H](O)CNC2CCN(C[C@H](O)COc3ccc(Cl)c(C)c3)CC2)cc1. The highest BCUT2D eigenvalue weighted by Gasteiger charge is 2.21. The molecule has 0 amide bonds. The summed E-state index contributed by atoms with van der Waals surface area (Å²) in [5.41, 5.74) is 0.954. The summed E-state index contributed by atoms with van der Waals surface area (Å²) in [4.78, 5) is 2.25. The molecule has 2 aromatic rings. The van der Waals surface area contributed by atoms with Crippen LogP contribution in [0.1, 0.15) is 18.4 Å². The first-order valence-electron chi connectivity index (χ1n) is 11.4. The minimum atomic E-state index is -0.583. The van der Waals surface area contributed by atoms with Crippen LogP contribution in [0.5, 0.6) is 17.2 Å². The summed E-state index contributed by atoms with van der Waals surface area (Å²) in [6, 6.07) is 13.2. The van der Waals surface area contributed by atoms with Gasteiger partial charge in [-0.2, -0.15) is 0 Å². The highest BCUT2D eigenvalue weighted by atomic mass is 35.5. The number of nitrogens with one attached hydrogen (secondary N) is 1. The van der Waals surface area contributed by atoms with E-state index in [1.807, 2.05) is 43.3 Å². The molecule has 0 saturated carbocycles. The summed E-state index contributed by atoms with van der Waals surface area (Å²) in [6.45, 7) is 5.27. The van der Waals surface area contributed by atoms with Gasteiger partial charge < -0.3 is 34.6 Å². The molecular weight excluding hydrogens is 444 g/mol. The van der Waals surface area contributed by atoms with Crippen LogP contribution in [0.15, 0.2) is 42.5 Å². The number of likely N-dealkylation sites (tertiary alicyclic amines) is 1. The third-order valence-corrected chi connectivity index (χ3v) is 6.20. The van der Waals surface area contributed by atoms with E-state index in [0.717, 1.165) is 37.2 Å². The van der Waals surface area contributed by atoms with E-state index in [1.165, 1.54) is 0 Å². The van der Waals surface area contributed by atoms with Gasteiger partial charge in [-0.1, -0.05) is 11.6 Å². The Balaban J connectivity index is 1.27. The van der Waals surface area contributed by atoms with Crippen molar-refractivity contribution in [3.8, 4) is 17.2 Å². The quantitative estimate of drug-likeness (QED) is 0.432. The molecule has 0 aromatic heterocycles. The van der Waals surface area contributed by atoms with Crippen LogP contribution in [0, 0.1) is 6.92 Å². The Kier molecular flexibility index (Phi) is 10.1. The Bertz CT molecular complexity index is 843. The Morgan fingerprint density at radius 2 is 1.58 bits per heavy atom. The summed E-state index contributed by atoms with van der Waals surface area (Å²) < 4.78 is 16.5. The van der Waals surface area contributed by atoms with Crippen LogP contribution in [-0.2, 0) is 0 Å². The van der Waals surface area contributed by atoms with Gasteiger partial charge in [-0.25, -0.2) is 0 Å². The fraction of sp³-hybridized carbons (Fsp3) is 0.520. The first-order valence-corrected chi connectivity index (χ1v) is 11.8. The molecule has 0 radical (unpaired) electrons. The van der Waals surface area contributed by atoms with Gasteiger partial charge in [0.05, 0.1) is 7.11 Å². The molecule has 1 saturated heterocycles. The van der Waals surface area contributed by atoms with Crippen LogP contribution in [0.3, 0.4) is 0 Å². The summed E-state index contributed by atoms with van der Waals surface area (Å²) in [7, 11) is 1.62. The van der Waals surface area contributed by atoms with Gasteiger partial charge >= 0.3 is 0 Å². The second-order valence-corrected chi connectivity index (χ2v) is 8.91. The number of aryl methyl sites for hydroxylation is 1. The largest absolute Gasteiger partial charge is 0.497 e. The zero-order chi connectivity index (χ0) is 23.6. The topological polar surface area (TPSA) is 83.4 Å². The van der Waals surface area contributed by atoms with E-state index in [2.05, 4.69) is 10.2 Å². The molecule has 1 aliphatic heterocycles. The Morgan fingerprint density at radius 3 is 2.24 bits per heavy atom. The molecule has 1 fully saturated rings. The zero-order valence-electron chi connectivity index (χ0n) is 19.4. The monoisotopic (exact) mass is 478 g/mol. The van der Waals surface area contributed by atoms with Gasteiger partial charge in [0.25, 0.3) is 0 Å². The van der Waals surface area contributed by atoms with Crippen LogP contribution in [0.25, 0.3) is 0 Å². The average Bonchev–Trinajstić information content (AvgIpc) is 2.83. The highest BCUT2D eigenvalue weighted by molar-refractivity contribution is 6.31. The molecular formula is C25H35ClN2O5. The second kappa shape index (κ2) is 13.0. The van der Waals surface area contributed by atoms with Crippen molar-refractivity contribution in [3.05, 3.63) is 53.1 Å². The van der Waals surface area contributed by atoms with E-state index in [4.69, 9.17) is 25.8 Å². The van der Waals surface area contributed by atoms with E-state index in [1.54, 1.807) is 13.2 Å². The van der Waals surface area contributed by atoms with Gasteiger partial charge in [0, 0.05) is 24.2 Å². The van der Waals surface area contributed by atoms with Crippen LogP contribution in [0.2, 0.25) is 5.02 Å². The molecule has 0 unspecified atom stereocenters. The number of nitrogens with zero attached hydrogens (tertiary/aromatic N) is 1. The van der Waals surface area contributed by atoms with Crippen LogP contribution in [0.4, 0.5) is 0 Å². The van der Waals surface area contributed by atoms with E-state index in [-0.39, 0.29) is 13.2 Å². The molecule has 3 N–H and O–H groups in total. The maximum absolute atomic E-state index is 10.3. The number of aliphatic hydroxyl groups is 2. The lowest BCUT2D eigenvalue weighted by Crippen LogP contribution is -2.47. The molecule has 1 heterocycles. The molecule has 0 spiro atoms. The minimum absolute atomic E-state index is 0.234. The molecule has 3 rings (SSSR count). The predicted molar refractivity (Wildman–Crippen MR) is 130 cm³/mol. The fourth-order valence-corrected chi connectivity index (χ4v) is 3.91. The molecule has 7 nitrogen and oxygen atoms in total.